The largest absolute Gasteiger partial charge is 0.458 e. The maximum absolute atomic E-state index is 14.2. The summed E-state index contributed by atoms with van der Waals surface area (Å²) in [6.45, 7) is 5.47. The first-order chi connectivity index (χ1) is 21.4. The van der Waals surface area contributed by atoms with E-state index < -0.39 is 12.0 Å². The van der Waals surface area contributed by atoms with Gasteiger partial charge in [0.2, 0.25) is 0 Å². The van der Waals surface area contributed by atoms with Crippen LogP contribution in [-0.4, -0.2) is 33.2 Å². The highest BCUT2D eigenvalue weighted by Crippen LogP contribution is 2.32. The Labute approximate surface area is 267 Å². The molecular formula is C34H27ClN4O3S2. The smallest absolute Gasteiger partial charge is 0.338 e. The lowest BCUT2D eigenvalue weighted by molar-refractivity contribution is -0.138. The molecule has 2 aromatic heterocycles. The summed E-state index contributed by atoms with van der Waals surface area (Å²) in [4.78, 5) is 33.8. The standard InChI is InChI=1S/C34H27ClN4O3S2/c1-4-18-42-33(41)29-21(2)36-34-39(31(29)23-12-16-27(43-3)17-13-23)32(40)28(44-34)19-24-20-38(26-8-6-5-7-9-26)37-30(24)22-10-14-25(35)15-11-22/h4-17,19-20,31H,1,18H2,2-3H3. The number of carbonyl (C=O) groups excluding carboxylic acids is 1. The zero-order valence-corrected chi connectivity index (χ0v) is 26.3. The summed E-state index contributed by atoms with van der Waals surface area (Å²) < 4.78 is 9.30. The number of rotatable bonds is 8. The summed E-state index contributed by atoms with van der Waals surface area (Å²) in [5, 5.41) is 5.50. The molecule has 0 bridgehead atoms. The number of thiazole rings is 1. The molecule has 3 heterocycles. The van der Waals surface area contributed by atoms with Crippen molar-refractivity contribution in [2.75, 3.05) is 12.9 Å². The number of hydrogen-bond acceptors (Lipinski definition) is 7. The van der Waals surface area contributed by atoms with E-state index in [9.17, 15) is 9.59 Å². The van der Waals surface area contributed by atoms with Crippen LogP contribution in [-0.2, 0) is 9.53 Å². The number of thioether (sulfide) groups is 1. The van der Waals surface area contributed by atoms with Crippen LogP contribution in [0.15, 0.2) is 124 Å². The van der Waals surface area contributed by atoms with Crippen LogP contribution in [0, 0.1) is 0 Å². The highest BCUT2D eigenvalue weighted by Gasteiger charge is 2.33. The second-order valence-corrected chi connectivity index (χ2v) is 12.3. The molecule has 7 nitrogen and oxygen atoms in total. The highest BCUT2D eigenvalue weighted by molar-refractivity contribution is 7.98. The molecule has 0 saturated carbocycles. The first-order valence-corrected chi connectivity index (χ1v) is 16.2. The van der Waals surface area contributed by atoms with E-state index in [2.05, 4.69) is 6.58 Å². The monoisotopic (exact) mass is 638 g/mol. The molecule has 0 amide bonds. The second kappa shape index (κ2) is 12.7. The molecule has 0 fully saturated rings. The number of hydrogen-bond donors (Lipinski definition) is 0. The van der Waals surface area contributed by atoms with Crippen molar-refractivity contribution in [3.63, 3.8) is 0 Å². The van der Waals surface area contributed by atoms with Gasteiger partial charge in [-0.3, -0.25) is 9.36 Å². The van der Waals surface area contributed by atoms with Crippen molar-refractivity contribution in [2.45, 2.75) is 17.9 Å². The van der Waals surface area contributed by atoms with Gasteiger partial charge in [-0.25, -0.2) is 14.5 Å². The summed E-state index contributed by atoms with van der Waals surface area (Å²) in [6, 6.07) is 24.3. The number of carbonyl (C=O) groups is 1. The lowest BCUT2D eigenvalue weighted by Gasteiger charge is -2.24. The van der Waals surface area contributed by atoms with Gasteiger partial charge in [0, 0.05) is 27.2 Å². The fourth-order valence-electron chi connectivity index (χ4n) is 5.08. The third-order valence-corrected chi connectivity index (χ3v) is 9.15. The normalized spacial score (nSPS) is 14.7. The van der Waals surface area contributed by atoms with Crippen LogP contribution >= 0.6 is 34.7 Å². The third kappa shape index (κ3) is 5.74. The van der Waals surface area contributed by atoms with E-state index in [1.54, 1.807) is 27.9 Å². The number of halogens is 1. The fourth-order valence-corrected chi connectivity index (χ4v) is 6.65. The molecule has 1 unspecified atom stereocenters. The molecule has 10 heteroatoms. The molecule has 0 aliphatic carbocycles. The van der Waals surface area contributed by atoms with Gasteiger partial charge in [-0.05, 0) is 61.2 Å². The number of ether oxygens (including phenoxy) is 1. The summed E-state index contributed by atoms with van der Waals surface area (Å²) in [6.07, 6.45) is 7.25. The summed E-state index contributed by atoms with van der Waals surface area (Å²) in [7, 11) is 0. The topological polar surface area (TPSA) is 78.5 Å². The van der Waals surface area contributed by atoms with Crippen LogP contribution in [0.1, 0.15) is 24.1 Å². The van der Waals surface area contributed by atoms with E-state index >= 15 is 0 Å². The molecule has 0 spiro atoms. The fraction of sp³-hybridized carbons (Fsp3) is 0.118. The van der Waals surface area contributed by atoms with Gasteiger partial charge in [0.25, 0.3) is 5.56 Å². The molecular weight excluding hydrogens is 612 g/mol. The van der Waals surface area contributed by atoms with E-state index in [1.807, 2.05) is 97.4 Å². The van der Waals surface area contributed by atoms with Crippen molar-refractivity contribution >= 4 is 46.7 Å². The lowest BCUT2D eigenvalue weighted by atomic mass is 9.96. The minimum Gasteiger partial charge on any atom is -0.458 e. The maximum Gasteiger partial charge on any atom is 0.338 e. The highest BCUT2D eigenvalue weighted by atomic mass is 35.5. The lowest BCUT2D eigenvalue weighted by Crippen LogP contribution is -2.39. The van der Waals surface area contributed by atoms with Crippen LogP contribution in [0.5, 0.6) is 0 Å². The number of esters is 1. The van der Waals surface area contributed by atoms with Gasteiger partial charge in [0.05, 0.1) is 27.5 Å². The van der Waals surface area contributed by atoms with E-state index in [-0.39, 0.29) is 12.2 Å². The third-order valence-electron chi connectivity index (χ3n) is 7.17. The van der Waals surface area contributed by atoms with Crippen LogP contribution in [0.2, 0.25) is 5.02 Å². The van der Waals surface area contributed by atoms with Crippen molar-refractivity contribution in [1.29, 1.82) is 0 Å². The average molecular weight is 639 g/mol. The van der Waals surface area contributed by atoms with Gasteiger partial charge < -0.3 is 4.74 Å². The van der Waals surface area contributed by atoms with Crippen LogP contribution in [0.25, 0.3) is 23.0 Å². The van der Waals surface area contributed by atoms with Crippen molar-refractivity contribution in [2.24, 2.45) is 4.99 Å². The summed E-state index contributed by atoms with van der Waals surface area (Å²) >= 11 is 9.07. The van der Waals surface area contributed by atoms with Crippen molar-refractivity contribution in [3.05, 3.63) is 145 Å². The molecule has 0 saturated heterocycles. The quantitative estimate of drug-likeness (QED) is 0.115. The van der Waals surface area contributed by atoms with Gasteiger partial charge in [0.15, 0.2) is 4.80 Å². The molecule has 0 N–H and O–H groups in total. The molecule has 1 aliphatic heterocycles. The van der Waals surface area contributed by atoms with Gasteiger partial charge in [-0.2, -0.15) is 5.10 Å². The van der Waals surface area contributed by atoms with Crippen LogP contribution < -0.4 is 14.9 Å². The van der Waals surface area contributed by atoms with Crippen molar-refractivity contribution in [1.82, 2.24) is 14.3 Å². The zero-order valence-electron chi connectivity index (χ0n) is 23.9. The van der Waals surface area contributed by atoms with Crippen molar-refractivity contribution < 1.29 is 9.53 Å². The van der Waals surface area contributed by atoms with Gasteiger partial charge in [0.1, 0.15) is 12.3 Å². The Kier molecular flexibility index (Phi) is 8.52. The molecule has 3 aromatic carbocycles. The Morgan fingerprint density at radius 1 is 1.09 bits per heavy atom. The Morgan fingerprint density at radius 2 is 1.82 bits per heavy atom. The number of allylic oxidation sites excluding steroid dienone is 1. The number of benzene rings is 3. The second-order valence-electron chi connectivity index (χ2n) is 9.96. The van der Waals surface area contributed by atoms with E-state index in [0.717, 1.165) is 27.3 Å². The van der Waals surface area contributed by atoms with E-state index in [4.69, 9.17) is 26.4 Å². The molecule has 220 valence electrons. The number of aromatic nitrogens is 3. The Morgan fingerprint density at radius 3 is 2.50 bits per heavy atom. The summed E-state index contributed by atoms with van der Waals surface area (Å²) in [5.41, 5.74) is 4.55. The first-order valence-electron chi connectivity index (χ1n) is 13.7. The molecule has 0 radical (unpaired) electrons. The average Bonchev–Trinajstić information content (AvgIpc) is 3.60. The predicted octanol–water partition coefficient (Wildman–Crippen LogP) is 6.19. The molecule has 1 aliphatic rings. The van der Waals surface area contributed by atoms with Crippen LogP contribution in [0.3, 0.4) is 0 Å². The first kappa shape index (κ1) is 29.6. The molecule has 1 atom stereocenters. The van der Waals surface area contributed by atoms with Gasteiger partial charge in [-0.1, -0.05) is 78.1 Å². The Balaban J connectivity index is 1.54. The predicted molar refractivity (Wildman–Crippen MR) is 177 cm³/mol. The van der Waals surface area contributed by atoms with Gasteiger partial charge in [-0.15, -0.1) is 11.8 Å². The van der Waals surface area contributed by atoms with Crippen LogP contribution in [0.4, 0.5) is 0 Å². The number of nitrogens with zero attached hydrogens (tertiary/aromatic N) is 4. The number of para-hydroxylation sites is 1. The van der Waals surface area contributed by atoms with Crippen molar-refractivity contribution in [3.8, 4) is 16.9 Å². The van der Waals surface area contributed by atoms with Gasteiger partial charge >= 0.3 is 5.97 Å². The Hall–Kier alpha value is -4.44. The van der Waals surface area contributed by atoms with E-state index in [0.29, 0.717) is 31.3 Å². The Bertz CT molecular complexity index is 2080. The maximum atomic E-state index is 14.2. The molecule has 5 aromatic rings. The van der Waals surface area contributed by atoms with E-state index in [1.165, 1.54) is 17.4 Å². The minimum absolute atomic E-state index is 0.0526. The molecule has 6 rings (SSSR count). The minimum atomic E-state index is -0.704. The molecule has 44 heavy (non-hydrogen) atoms. The summed E-state index contributed by atoms with van der Waals surface area (Å²) in [5.74, 6) is -0.534. The number of fused-ring (bicyclic) bond motifs is 1. The zero-order chi connectivity index (χ0) is 30.8. The SMILES string of the molecule is C=CCOC(=O)C1=C(C)N=c2sc(=Cc3cn(-c4ccccc4)nc3-c3ccc(Cl)cc3)c(=O)n2C1c1ccc(SC)cc1.